The van der Waals surface area contributed by atoms with Gasteiger partial charge in [0, 0.05) is 11.2 Å². The summed E-state index contributed by atoms with van der Waals surface area (Å²) in [5, 5.41) is 0. The van der Waals surface area contributed by atoms with Crippen molar-refractivity contribution in [3.63, 3.8) is 0 Å². The largest absolute Gasteiger partial charge is 0.467 e. The second-order valence-corrected chi connectivity index (χ2v) is 7.01. The Balaban J connectivity index is 2.63. The highest BCUT2D eigenvalue weighted by Gasteiger charge is 2.47. The number of hydrogen-bond donors (Lipinski definition) is 0. The molecule has 0 aliphatic carbocycles. The lowest BCUT2D eigenvalue weighted by molar-refractivity contribution is -0.146. The molecule has 116 valence electrons. The van der Waals surface area contributed by atoms with Gasteiger partial charge in [0.1, 0.15) is 11.4 Å². The molecule has 0 N–H and O–H groups in total. The fraction of sp³-hybridized carbons (Fsp3) is 0.588. The van der Waals surface area contributed by atoms with E-state index in [9.17, 15) is 9.18 Å². The molecular formula is C17H24FNO2. The van der Waals surface area contributed by atoms with E-state index in [0.717, 1.165) is 17.7 Å². The standard InChI is InChI=1S/C17H24FNO2/c1-11-10-16(2,3)19(17(4,5)15(20)21-6)14-8-7-12(18)9-13(11)14/h7-9,11H,10H2,1-6H3. The van der Waals surface area contributed by atoms with Gasteiger partial charge in [-0.3, -0.25) is 0 Å². The number of ether oxygens (including phenoxy) is 1. The molecule has 0 saturated heterocycles. The number of esters is 1. The fourth-order valence-corrected chi connectivity index (χ4v) is 3.80. The number of rotatable bonds is 2. The van der Waals surface area contributed by atoms with Gasteiger partial charge in [0.2, 0.25) is 0 Å². The minimum absolute atomic E-state index is 0.220. The van der Waals surface area contributed by atoms with Crippen LogP contribution < -0.4 is 4.90 Å². The maximum atomic E-state index is 13.6. The number of fused-ring (bicyclic) bond motifs is 1. The molecule has 1 heterocycles. The van der Waals surface area contributed by atoms with Crippen LogP contribution in [0, 0.1) is 5.82 Å². The average Bonchev–Trinajstić information content (AvgIpc) is 2.37. The van der Waals surface area contributed by atoms with E-state index in [1.165, 1.54) is 13.2 Å². The zero-order chi connectivity index (χ0) is 16.0. The average molecular weight is 293 g/mol. The lowest BCUT2D eigenvalue weighted by atomic mass is 9.77. The Morgan fingerprint density at radius 1 is 1.43 bits per heavy atom. The smallest absolute Gasteiger partial charge is 0.331 e. The molecule has 2 rings (SSSR count). The molecule has 0 aromatic heterocycles. The van der Waals surface area contributed by atoms with E-state index in [-0.39, 0.29) is 23.2 Å². The molecule has 0 saturated carbocycles. The zero-order valence-corrected chi connectivity index (χ0v) is 13.7. The highest BCUT2D eigenvalue weighted by atomic mass is 19.1. The van der Waals surface area contributed by atoms with E-state index >= 15 is 0 Å². The Bertz CT molecular complexity index is 566. The summed E-state index contributed by atoms with van der Waals surface area (Å²) in [4.78, 5) is 14.3. The molecule has 1 unspecified atom stereocenters. The molecule has 4 heteroatoms. The number of anilines is 1. The minimum Gasteiger partial charge on any atom is -0.467 e. The summed E-state index contributed by atoms with van der Waals surface area (Å²) in [7, 11) is 1.40. The highest BCUT2D eigenvalue weighted by Crippen LogP contribution is 2.47. The van der Waals surface area contributed by atoms with Crippen molar-refractivity contribution in [1.82, 2.24) is 0 Å². The second kappa shape index (κ2) is 5.00. The van der Waals surface area contributed by atoms with Crippen LogP contribution in [0.4, 0.5) is 10.1 Å². The van der Waals surface area contributed by atoms with Crippen LogP contribution in [0.1, 0.15) is 52.5 Å². The summed E-state index contributed by atoms with van der Waals surface area (Å²) in [5.41, 5.74) is 0.828. The first kappa shape index (κ1) is 15.8. The first-order chi connectivity index (χ1) is 9.61. The van der Waals surface area contributed by atoms with Gasteiger partial charge in [-0.2, -0.15) is 0 Å². The van der Waals surface area contributed by atoms with Crippen molar-refractivity contribution >= 4 is 11.7 Å². The third-order valence-electron chi connectivity index (χ3n) is 4.42. The summed E-state index contributed by atoms with van der Waals surface area (Å²) in [5.74, 6) is -0.285. The first-order valence-electron chi connectivity index (χ1n) is 7.29. The molecule has 1 aliphatic heterocycles. The van der Waals surface area contributed by atoms with Crippen LogP contribution in [0.2, 0.25) is 0 Å². The monoisotopic (exact) mass is 293 g/mol. The topological polar surface area (TPSA) is 29.5 Å². The van der Waals surface area contributed by atoms with Gasteiger partial charge in [0.15, 0.2) is 0 Å². The summed E-state index contributed by atoms with van der Waals surface area (Å²) in [6, 6.07) is 4.80. The molecule has 0 radical (unpaired) electrons. The van der Waals surface area contributed by atoms with Gasteiger partial charge in [-0.15, -0.1) is 0 Å². The SMILES string of the molecule is COC(=O)C(C)(C)N1c2ccc(F)cc2C(C)CC1(C)C. The molecule has 3 nitrogen and oxygen atoms in total. The molecule has 0 amide bonds. The normalized spacial score (nSPS) is 20.9. The third kappa shape index (κ3) is 2.52. The van der Waals surface area contributed by atoms with Crippen molar-refractivity contribution in [1.29, 1.82) is 0 Å². The number of methoxy groups -OCH3 is 1. The quantitative estimate of drug-likeness (QED) is 0.775. The van der Waals surface area contributed by atoms with E-state index in [2.05, 4.69) is 25.7 Å². The maximum Gasteiger partial charge on any atom is 0.331 e. The van der Waals surface area contributed by atoms with Gasteiger partial charge in [0.25, 0.3) is 0 Å². The molecule has 0 spiro atoms. The Labute approximate surface area is 126 Å². The molecule has 1 aromatic rings. The van der Waals surface area contributed by atoms with Crippen molar-refractivity contribution < 1.29 is 13.9 Å². The molecule has 21 heavy (non-hydrogen) atoms. The predicted octanol–water partition coefficient (Wildman–Crippen LogP) is 3.87. The van der Waals surface area contributed by atoms with Gasteiger partial charge >= 0.3 is 5.97 Å². The van der Waals surface area contributed by atoms with Crippen LogP contribution in [0.5, 0.6) is 0 Å². The third-order valence-corrected chi connectivity index (χ3v) is 4.42. The van der Waals surface area contributed by atoms with Crippen LogP contribution in [-0.2, 0) is 9.53 Å². The summed E-state index contributed by atoms with van der Waals surface area (Å²) >= 11 is 0. The fourth-order valence-electron chi connectivity index (χ4n) is 3.80. The summed E-state index contributed by atoms with van der Waals surface area (Å²) in [6.07, 6.45) is 0.851. The highest BCUT2D eigenvalue weighted by molar-refractivity contribution is 5.85. The van der Waals surface area contributed by atoms with Crippen LogP contribution in [0.3, 0.4) is 0 Å². The molecule has 1 atom stereocenters. The van der Waals surface area contributed by atoms with Crippen LogP contribution in [0.15, 0.2) is 18.2 Å². The number of benzene rings is 1. The lowest BCUT2D eigenvalue weighted by Gasteiger charge is -2.53. The Morgan fingerprint density at radius 2 is 2.05 bits per heavy atom. The van der Waals surface area contributed by atoms with Crippen molar-refractivity contribution in [2.75, 3.05) is 12.0 Å². The van der Waals surface area contributed by atoms with Gasteiger partial charge < -0.3 is 9.64 Å². The van der Waals surface area contributed by atoms with Crippen molar-refractivity contribution in [2.24, 2.45) is 0 Å². The van der Waals surface area contributed by atoms with Gasteiger partial charge in [0.05, 0.1) is 7.11 Å². The van der Waals surface area contributed by atoms with Crippen molar-refractivity contribution in [3.8, 4) is 0 Å². The van der Waals surface area contributed by atoms with E-state index in [1.807, 2.05) is 13.8 Å². The number of carbonyl (C=O) groups excluding carboxylic acids is 1. The number of hydrogen-bond acceptors (Lipinski definition) is 3. The van der Waals surface area contributed by atoms with Crippen LogP contribution >= 0.6 is 0 Å². The first-order valence-corrected chi connectivity index (χ1v) is 7.29. The van der Waals surface area contributed by atoms with E-state index in [4.69, 9.17) is 4.74 Å². The molecule has 1 aromatic carbocycles. The lowest BCUT2D eigenvalue weighted by Crippen LogP contribution is -2.62. The number of halogens is 1. The zero-order valence-electron chi connectivity index (χ0n) is 13.7. The summed E-state index contributed by atoms with van der Waals surface area (Å²) in [6.45, 7) is 10.0. The van der Waals surface area contributed by atoms with Crippen molar-refractivity contribution in [3.05, 3.63) is 29.6 Å². The van der Waals surface area contributed by atoms with Crippen LogP contribution in [0.25, 0.3) is 0 Å². The Hall–Kier alpha value is -1.58. The molecular weight excluding hydrogens is 269 g/mol. The maximum absolute atomic E-state index is 13.6. The Kier molecular flexibility index (Phi) is 3.77. The van der Waals surface area contributed by atoms with E-state index < -0.39 is 5.54 Å². The second-order valence-electron chi connectivity index (χ2n) is 7.01. The van der Waals surface area contributed by atoms with E-state index in [0.29, 0.717) is 0 Å². The number of carbonyl (C=O) groups is 1. The molecule has 1 aliphatic rings. The Morgan fingerprint density at radius 3 is 2.62 bits per heavy atom. The van der Waals surface area contributed by atoms with Crippen molar-refractivity contribution in [2.45, 2.75) is 58.0 Å². The molecule has 0 fully saturated rings. The number of nitrogens with zero attached hydrogens (tertiary/aromatic N) is 1. The van der Waals surface area contributed by atoms with Gasteiger partial charge in [-0.1, -0.05) is 6.92 Å². The summed E-state index contributed by atoms with van der Waals surface area (Å²) < 4.78 is 18.6. The minimum atomic E-state index is -0.815. The van der Waals surface area contributed by atoms with Gasteiger partial charge in [-0.05, 0) is 63.8 Å². The van der Waals surface area contributed by atoms with Crippen LogP contribution in [-0.4, -0.2) is 24.2 Å². The molecule has 0 bridgehead atoms. The van der Waals surface area contributed by atoms with Gasteiger partial charge in [-0.25, -0.2) is 9.18 Å². The predicted molar refractivity (Wildman–Crippen MR) is 82.1 cm³/mol. The van der Waals surface area contributed by atoms with E-state index in [1.54, 1.807) is 12.1 Å².